The van der Waals surface area contributed by atoms with Gasteiger partial charge in [-0.3, -0.25) is 9.59 Å². The Morgan fingerprint density at radius 3 is 2.30 bits per heavy atom. The summed E-state index contributed by atoms with van der Waals surface area (Å²) in [6.07, 6.45) is 1.22. The molecule has 0 aliphatic rings. The van der Waals surface area contributed by atoms with Gasteiger partial charge in [-0.15, -0.1) is 11.8 Å². The van der Waals surface area contributed by atoms with Crippen molar-refractivity contribution in [2.75, 3.05) is 19.4 Å². The smallest absolute Gasteiger partial charge is 0.243 e. The van der Waals surface area contributed by atoms with Crippen molar-refractivity contribution in [3.63, 3.8) is 0 Å². The number of benzene rings is 3. The van der Waals surface area contributed by atoms with Crippen molar-refractivity contribution in [3.8, 4) is 5.75 Å². The highest BCUT2D eigenvalue weighted by molar-refractivity contribution is 7.99. The lowest BCUT2D eigenvalue weighted by Crippen LogP contribution is -2.51. The van der Waals surface area contributed by atoms with Crippen molar-refractivity contribution in [2.45, 2.75) is 38.1 Å². The minimum Gasteiger partial charge on any atom is -0.497 e. The first kappa shape index (κ1) is 28.9. The molecule has 3 aromatic rings. The lowest BCUT2D eigenvalue weighted by Gasteiger charge is -2.31. The average Bonchev–Trinajstić information content (AvgIpc) is 2.92. The summed E-state index contributed by atoms with van der Waals surface area (Å²) in [7, 11) is 1.63. The molecule has 8 heteroatoms. The fourth-order valence-corrected chi connectivity index (χ4v) is 5.01. The predicted octanol–water partition coefficient (Wildman–Crippen LogP) is 6.40. The third kappa shape index (κ3) is 8.99. The number of rotatable bonds is 13. The van der Waals surface area contributed by atoms with Crippen LogP contribution in [0.3, 0.4) is 0 Å². The van der Waals surface area contributed by atoms with Gasteiger partial charge in [0.05, 0.1) is 22.9 Å². The molecule has 3 aromatic carbocycles. The molecule has 1 atom stereocenters. The van der Waals surface area contributed by atoms with Crippen molar-refractivity contribution >= 4 is 46.8 Å². The first-order valence-corrected chi connectivity index (χ1v) is 14.1. The molecule has 0 radical (unpaired) electrons. The van der Waals surface area contributed by atoms with E-state index < -0.39 is 6.04 Å². The van der Waals surface area contributed by atoms with Crippen molar-refractivity contribution in [1.82, 2.24) is 10.2 Å². The number of hydrogen-bond donors (Lipinski definition) is 1. The highest BCUT2D eigenvalue weighted by Crippen LogP contribution is 2.25. The van der Waals surface area contributed by atoms with Gasteiger partial charge in [-0.1, -0.05) is 78.7 Å². The first-order chi connectivity index (χ1) is 17.9. The van der Waals surface area contributed by atoms with Crippen LogP contribution in [-0.4, -0.2) is 42.2 Å². The largest absolute Gasteiger partial charge is 0.497 e. The molecule has 3 rings (SSSR count). The van der Waals surface area contributed by atoms with Gasteiger partial charge in [0, 0.05) is 25.3 Å². The maximum absolute atomic E-state index is 13.6. The number of hydrogen-bond acceptors (Lipinski definition) is 4. The van der Waals surface area contributed by atoms with Gasteiger partial charge in [0.2, 0.25) is 11.8 Å². The van der Waals surface area contributed by atoms with Crippen LogP contribution in [-0.2, 0) is 28.3 Å². The van der Waals surface area contributed by atoms with Gasteiger partial charge in [-0.05, 0) is 47.4 Å². The molecular formula is C29H32Cl2N2O3S. The molecule has 0 aliphatic heterocycles. The predicted molar refractivity (Wildman–Crippen MR) is 153 cm³/mol. The number of carbonyl (C=O) groups excluding carboxylic acids is 2. The Labute approximate surface area is 233 Å². The molecule has 0 spiro atoms. The molecule has 0 fully saturated rings. The van der Waals surface area contributed by atoms with Crippen molar-refractivity contribution in [3.05, 3.63) is 99.5 Å². The third-order valence-corrected chi connectivity index (χ3v) is 7.54. The quantitative estimate of drug-likeness (QED) is 0.263. The molecule has 1 unspecified atom stereocenters. The molecular weight excluding hydrogens is 527 g/mol. The van der Waals surface area contributed by atoms with E-state index in [1.54, 1.807) is 24.1 Å². The second kappa shape index (κ2) is 14.9. The van der Waals surface area contributed by atoms with Gasteiger partial charge >= 0.3 is 0 Å². The van der Waals surface area contributed by atoms with E-state index in [2.05, 4.69) is 5.32 Å². The van der Waals surface area contributed by atoms with Crippen LogP contribution in [0.5, 0.6) is 5.75 Å². The average molecular weight is 560 g/mol. The van der Waals surface area contributed by atoms with Crippen LogP contribution in [0.15, 0.2) is 72.8 Å². The van der Waals surface area contributed by atoms with E-state index >= 15 is 0 Å². The zero-order valence-corrected chi connectivity index (χ0v) is 23.4. The molecule has 196 valence electrons. The number of methoxy groups -OCH3 is 1. The minimum absolute atomic E-state index is 0.114. The zero-order valence-electron chi connectivity index (χ0n) is 21.1. The topological polar surface area (TPSA) is 58.6 Å². The van der Waals surface area contributed by atoms with Crippen LogP contribution >= 0.6 is 35.0 Å². The maximum atomic E-state index is 13.6. The number of nitrogens with zero attached hydrogens (tertiary/aromatic N) is 1. The van der Waals surface area contributed by atoms with Gasteiger partial charge in [0.15, 0.2) is 0 Å². The van der Waals surface area contributed by atoms with E-state index in [1.165, 1.54) is 11.8 Å². The first-order valence-electron chi connectivity index (χ1n) is 12.2. The van der Waals surface area contributed by atoms with E-state index in [4.69, 9.17) is 27.9 Å². The second-order valence-electron chi connectivity index (χ2n) is 8.61. The Bertz CT molecular complexity index is 1160. The van der Waals surface area contributed by atoms with Gasteiger partial charge in [0.25, 0.3) is 0 Å². The molecule has 0 bridgehead atoms. The number of amides is 2. The third-order valence-electron chi connectivity index (χ3n) is 5.81. The number of halogens is 2. The summed E-state index contributed by atoms with van der Waals surface area (Å²) >= 11 is 13.9. The molecule has 0 aromatic heterocycles. The number of carbonyl (C=O) groups is 2. The zero-order chi connectivity index (χ0) is 26.6. The van der Waals surface area contributed by atoms with Crippen LogP contribution in [0.2, 0.25) is 10.0 Å². The summed E-state index contributed by atoms with van der Waals surface area (Å²) in [6.45, 7) is 2.79. The standard InChI is InChI=1S/C29H32Cl2N2O3S/c1-3-15-32-29(35)27(17-21-7-5-4-6-8-21)33(18-23-11-14-25(30)26(31)16-23)28(34)20-37-19-22-9-12-24(36-2)13-10-22/h4-14,16,27H,3,15,17-20H2,1-2H3,(H,32,35). The van der Waals surface area contributed by atoms with Crippen LogP contribution in [0, 0.1) is 0 Å². The number of thioether (sulfide) groups is 1. The van der Waals surface area contributed by atoms with Gasteiger partial charge < -0.3 is 15.0 Å². The second-order valence-corrected chi connectivity index (χ2v) is 10.4. The summed E-state index contributed by atoms with van der Waals surface area (Å²) in [5.41, 5.74) is 2.89. The Balaban J connectivity index is 1.83. The maximum Gasteiger partial charge on any atom is 0.243 e. The van der Waals surface area contributed by atoms with Gasteiger partial charge in [0.1, 0.15) is 11.8 Å². The summed E-state index contributed by atoms with van der Waals surface area (Å²) in [6, 6.07) is 22.2. The van der Waals surface area contributed by atoms with Crippen LogP contribution in [0.1, 0.15) is 30.0 Å². The molecule has 0 heterocycles. The number of nitrogens with one attached hydrogen (secondary N) is 1. The van der Waals surface area contributed by atoms with Gasteiger partial charge in [-0.25, -0.2) is 0 Å². The fourth-order valence-electron chi connectivity index (χ4n) is 3.82. The molecule has 5 nitrogen and oxygen atoms in total. The van der Waals surface area contributed by atoms with Crippen molar-refractivity contribution in [1.29, 1.82) is 0 Å². The lowest BCUT2D eigenvalue weighted by molar-refractivity contribution is -0.139. The van der Waals surface area contributed by atoms with E-state index in [0.717, 1.165) is 28.9 Å². The fraction of sp³-hybridized carbons (Fsp3) is 0.310. The molecule has 2 amide bonds. The lowest BCUT2D eigenvalue weighted by atomic mass is 10.0. The minimum atomic E-state index is -0.669. The van der Waals surface area contributed by atoms with Crippen LogP contribution < -0.4 is 10.1 Å². The molecule has 1 N–H and O–H groups in total. The summed E-state index contributed by atoms with van der Waals surface area (Å²) < 4.78 is 5.22. The Hall–Kier alpha value is -2.67. The van der Waals surface area contributed by atoms with Crippen LogP contribution in [0.25, 0.3) is 0 Å². The number of ether oxygens (including phenoxy) is 1. The molecule has 0 saturated heterocycles. The van der Waals surface area contributed by atoms with Crippen LogP contribution in [0.4, 0.5) is 0 Å². The van der Waals surface area contributed by atoms with E-state index in [0.29, 0.717) is 28.8 Å². The van der Waals surface area contributed by atoms with Gasteiger partial charge in [-0.2, -0.15) is 0 Å². The Morgan fingerprint density at radius 1 is 0.946 bits per heavy atom. The summed E-state index contributed by atoms with van der Waals surface area (Å²) in [5.74, 6) is 1.41. The van der Waals surface area contributed by atoms with Crippen molar-refractivity contribution < 1.29 is 14.3 Å². The van der Waals surface area contributed by atoms with E-state index in [-0.39, 0.29) is 24.1 Å². The normalized spacial score (nSPS) is 11.6. The summed E-state index contributed by atoms with van der Waals surface area (Å²) in [5, 5.41) is 3.85. The molecule has 0 saturated carbocycles. The Kier molecular flexibility index (Phi) is 11.6. The monoisotopic (exact) mass is 558 g/mol. The molecule has 0 aliphatic carbocycles. The SMILES string of the molecule is CCCNC(=O)C(Cc1ccccc1)N(Cc1ccc(Cl)c(Cl)c1)C(=O)CSCc1ccc(OC)cc1. The molecule has 37 heavy (non-hydrogen) atoms. The highest BCUT2D eigenvalue weighted by Gasteiger charge is 2.30. The van der Waals surface area contributed by atoms with E-state index in [1.807, 2.05) is 67.6 Å². The Morgan fingerprint density at radius 2 is 1.65 bits per heavy atom. The summed E-state index contributed by atoms with van der Waals surface area (Å²) in [4.78, 5) is 28.7. The van der Waals surface area contributed by atoms with Crippen molar-refractivity contribution in [2.24, 2.45) is 0 Å². The van der Waals surface area contributed by atoms with E-state index in [9.17, 15) is 9.59 Å². The highest BCUT2D eigenvalue weighted by atomic mass is 35.5.